The van der Waals surface area contributed by atoms with Crippen LogP contribution >= 0.6 is 23.2 Å². The predicted octanol–water partition coefficient (Wildman–Crippen LogP) is 1.27. The lowest BCUT2D eigenvalue weighted by Gasteiger charge is -2.18. The first-order chi connectivity index (χ1) is 8.09. The van der Waals surface area contributed by atoms with Gasteiger partial charge in [0.05, 0.1) is 10.8 Å². The van der Waals surface area contributed by atoms with Gasteiger partial charge < -0.3 is 5.73 Å². The highest BCUT2D eigenvalue weighted by Crippen LogP contribution is 2.42. The standard InChI is InChI=1S/C10H16Cl2N2O3S/c1-6(5-7(11)12)8(13)9(15)14-18(16,17)10(2)3-4-10/h5-6,8H,3-4,13H2,1-2H3,(H,14,15)/t6-,8?/m0/s1. The molecule has 1 saturated carbocycles. The number of sulfonamides is 1. The zero-order valence-corrected chi connectivity index (χ0v) is 12.4. The Kier molecular flexibility index (Phi) is 4.70. The number of hydrogen-bond acceptors (Lipinski definition) is 4. The third-order valence-electron chi connectivity index (χ3n) is 3.10. The first kappa shape index (κ1) is 15.8. The van der Waals surface area contributed by atoms with Gasteiger partial charge in [0.2, 0.25) is 10.0 Å². The monoisotopic (exact) mass is 314 g/mol. The second-order valence-corrected chi connectivity index (χ2v) is 7.97. The molecule has 0 bridgehead atoms. The fourth-order valence-electron chi connectivity index (χ4n) is 1.31. The van der Waals surface area contributed by atoms with Crippen molar-refractivity contribution < 1.29 is 13.2 Å². The summed E-state index contributed by atoms with van der Waals surface area (Å²) in [5.74, 6) is -1.21. The number of rotatable bonds is 5. The van der Waals surface area contributed by atoms with E-state index in [-0.39, 0.29) is 4.49 Å². The molecule has 1 rings (SSSR count). The van der Waals surface area contributed by atoms with Crippen molar-refractivity contribution in [1.82, 2.24) is 4.72 Å². The topological polar surface area (TPSA) is 89.3 Å². The molecule has 0 aromatic carbocycles. The van der Waals surface area contributed by atoms with Crippen LogP contribution in [0.5, 0.6) is 0 Å². The summed E-state index contributed by atoms with van der Waals surface area (Å²) in [5.41, 5.74) is 5.64. The maximum absolute atomic E-state index is 11.8. The molecule has 0 aromatic heterocycles. The van der Waals surface area contributed by atoms with E-state index in [9.17, 15) is 13.2 Å². The third kappa shape index (κ3) is 3.60. The number of nitrogens with two attached hydrogens (primary N) is 1. The Morgan fingerprint density at radius 1 is 1.44 bits per heavy atom. The second kappa shape index (κ2) is 5.36. The minimum atomic E-state index is -3.66. The van der Waals surface area contributed by atoms with Gasteiger partial charge in [0.15, 0.2) is 0 Å². The van der Waals surface area contributed by atoms with Crippen LogP contribution in [0, 0.1) is 5.92 Å². The minimum Gasteiger partial charge on any atom is -0.319 e. The van der Waals surface area contributed by atoms with Gasteiger partial charge in [-0.1, -0.05) is 30.1 Å². The summed E-state index contributed by atoms with van der Waals surface area (Å²) in [5, 5.41) is 0. The molecule has 1 amide bonds. The van der Waals surface area contributed by atoms with Crippen LogP contribution in [0.15, 0.2) is 10.6 Å². The molecule has 0 aliphatic heterocycles. The lowest BCUT2D eigenvalue weighted by Crippen LogP contribution is -2.49. The van der Waals surface area contributed by atoms with Crippen molar-refractivity contribution in [2.24, 2.45) is 11.7 Å². The van der Waals surface area contributed by atoms with Gasteiger partial charge in [-0.2, -0.15) is 0 Å². The Bertz CT molecular complexity index is 468. The molecule has 2 atom stereocenters. The van der Waals surface area contributed by atoms with Crippen molar-refractivity contribution in [3.8, 4) is 0 Å². The third-order valence-corrected chi connectivity index (χ3v) is 5.52. The van der Waals surface area contributed by atoms with E-state index < -0.39 is 32.6 Å². The van der Waals surface area contributed by atoms with Crippen LogP contribution in [0.3, 0.4) is 0 Å². The number of carbonyl (C=O) groups excluding carboxylic acids is 1. The fourth-order valence-corrected chi connectivity index (χ4v) is 2.99. The fraction of sp³-hybridized carbons (Fsp3) is 0.700. The zero-order chi connectivity index (χ0) is 14.1. The summed E-state index contributed by atoms with van der Waals surface area (Å²) in [4.78, 5) is 11.7. The summed E-state index contributed by atoms with van der Waals surface area (Å²) in [6.07, 6.45) is 2.49. The van der Waals surface area contributed by atoms with E-state index in [2.05, 4.69) is 0 Å². The van der Waals surface area contributed by atoms with Crippen LogP contribution in [-0.2, 0) is 14.8 Å². The summed E-state index contributed by atoms with van der Waals surface area (Å²) in [6, 6.07) is -1.02. The van der Waals surface area contributed by atoms with E-state index in [4.69, 9.17) is 28.9 Å². The van der Waals surface area contributed by atoms with Crippen LogP contribution < -0.4 is 10.5 Å². The van der Waals surface area contributed by atoms with E-state index in [0.29, 0.717) is 12.8 Å². The number of amides is 1. The van der Waals surface area contributed by atoms with Gasteiger partial charge in [-0.3, -0.25) is 9.52 Å². The molecule has 1 unspecified atom stereocenters. The molecule has 0 aromatic rings. The average Bonchev–Trinajstić information content (AvgIpc) is 2.95. The smallest absolute Gasteiger partial charge is 0.250 e. The molecule has 0 radical (unpaired) electrons. The summed E-state index contributed by atoms with van der Waals surface area (Å²) >= 11 is 10.9. The molecule has 3 N–H and O–H groups in total. The van der Waals surface area contributed by atoms with Crippen LogP contribution in [0.1, 0.15) is 26.7 Å². The SMILES string of the molecule is C[C@@H](C=C(Cl)Cl)C(N)C(=O)NS(=O)(=O)C1(C)CC1. The van der Waals surface area contributed by atoms with Crippen LogP contribution in [0.2, 0.25) is 0 Å². The highest BCUT2D eigenvalue weighted by Gasteiger charge is 2.51. The summed E-state index contributed by atoms with van der Waals surface area (Å²) in [7, 11) is -3.66. The molecular weight excluding hydrogens is 299 g/mol. The van der Waals surface area contributed by atoms with Crippen molar-refractivity contribution in [2.75, 3.05) is 0 Å². The molecule has 1 aliphatic rings. The first-order valence-electron chi connectivity index (χ1n) is 5.44. The Labute approximate surface area is 117 Å². The molecule has 104 valence electrons. The van der Waals surface area contributed by atoms with Crippen molar-refractivity contribution in [3.63, 3.8) is 0 Å². The van der Waals surface area contributed by atoms with Crippen LogP contribution in [0.4, 0.5) is 0 Å². The lowest BCUT2D eigenvalue weighted by molar-refractivity contribution is -0.121. The molecule has 0 saturated heterocycles. The van der Waals surface area contributed by atoms with E-state index in [0.717, 1.165) is 0 Å². The molecule has 0 heterocycles. The van der Waals surface area contributed by atoms with Crippen LogP contribution in [-0.4, -0.2) is 25.1 Å². The Balaban J connectivity index is 2.69. The highest BCUT2D eigenvalue weighted by atomic mass is 35.5. The van der Waals surface area contributed by atoms with E-state index in [1.807, 2.05) is 4.72 Å². The van der Waals surface area contributed by atoms with E-state index in [1.165, 1.54) is 6.08 Å². The normalized spacial score (nSPS) is 20.7. The largest absolute Gasteiger partial charge is 0.319 e. The molecular formula is C10H16Cl2N2O3S. The molecule has 5 nitrogen and oxygen atoms in total. The summed E-state index contributed by atoms with van der Waals surface area (Å²) in [6.45, 7) is 3.22. The first-order valence-corrected chi connectivity index (χ1v) is 7.67. The van der Waals surface area contributed by atoms with Crippen molar-refractivity contribution in [3.05, 3.63) is 10.6 Å². The number of nitrogens with one attached hydrogen (secondary N) is 1. The van der Waals surface area contributed by atoms with Gasteiger partial charge in [-0.15, -0.1) is 0 Å². The van der Waals surface area contributed by atoms with Gasteiger partial charge in [-0.25, -0.2) is 8.42 Å². The molecule has 0 spiro atoms. The van der Waals surface area contributed by atoms with Gasteiger partial charge >= 0.3 is 0 Å². The van der Waals surface area contributed by atoms with Crippen molar-refractivity contribution in [1.29, 1.82) is 0 Å². The zero-order valence-electron chi connectivity index (χ0n) is 10.1. The second-order valence-electron chi connectivity index (χ2n) is 4.76. The Hall–Kier alpha value is -0.300. The van der Waals surface area contributed by atoms with Gasteiger partial charge in [0, 0.05) is 5.92 Å². The molecule has 18 heavy (non-hydrogen) atoms. The van der Waals surface area contributed by atoms with Gasteiger partial charge in [0.1, 0.15) is 4.49 Å². The van der Waals surface area contributed by atoms with E-state index >= 15 is 0 Å². The molecule has 1 fully saturated rings. The number of halogens is 2. The molecule has 1 aliphatic carbocycles. The Morgan fingerprint density at radius 2 is 1.94 bits per heavy atom. The average molecular weight is 315 g/mol. The lowest BCUT2D eigenvalue weighted by atomic mass is 10.0. The highest BCUT2D eigenvalue weighted by molar-refractivity contribution is 7.91. The molecule has 8 heteroatoms. The maximum atomic E-state index is 11.8. The van der Waals surface area contributed by atoms with Gasteiger partial charge in [-0.05, 0) is 25.8 Å². The maximum Gasteiger partial charge on any atom is 0.250 e. The predicted molar refractivity (Wildman–Crippen MR) is 71.6 cm³/mol. The Morgan fingerprint density at radius 3 is 2.33 bits per heavy atom. The number of hydrogen-bond donors (Lipinski definition) is 2. The van der Waals surface area contributed by atoms with Crippen molar-refractivity contribution >= 4 is 39.1 Å². The van der Waals surface area contributed by atoms with Gasteiger partial charge in [0.25, 0.3) is 5.91 Å². The van der Waals surface area contributed by atoms with E-state index in [1.54, 1.807) is 13.8 Å². The summed E-state index contributed by atoms with van der Waals surface area (Å²) < 4.78 is 24.8. The quantitative estimate of drug-likeness (QED) is 0.799. The number of carbonyl (C=O) groups is 1. The van der Waals surface area contributed by atoms with Crippen LogP contribution in [0.25, 0.3) is 0 Å². The minimum absolute atomic E-state index is 0.0113. The van der Waals surface area contributed by atoms with Crippen molar-refractivity contribution in [2.45, 2.75) is 37.5 Å².